The van der Waals surface area contributed by atoms with E-state index in [0.717, 1.165) is 13.0 Å². The van der Waals surface area contributed by atoms with E-state index in [4.69, 9.17) is 16.7 Å². The highest BCUT2D eigenvalue weighted by atomic mass is 35.5. The van der Waals surface area contributed by atoms with E-state index in [1.807, 2.05) is 4.90 Å². The van der Waals surface area contributed by atoms with E-state index in [1.165, 1.54) is 12.1 Å². The van der Waals surface area contributed by atoms with E-state index < -0.39 is 5.97 Å². The van der Waals surface area contributed by atoms with E-state index in [1.54, 1.807) is 0 Å². The molecule has 1 N–H and O–H groups in total. The Morgan fingerprint density at radius 3 is 2.76 bits per heavy atom. The quantitative estimate of drug-likeness (QED) is 0.825. The number of carboxylic acid groups (broad SMARTS) is 1. The number of carbonyl (C=O) groups is 1. The molecule has 0 amide bonds. The van der Waals surface area contributed by atoms with E-state index >= 15 is 0 Å². The lowest BCUT2D eigenvalue weighted by molar-refractivity contribution is 0.0697. The van der Waals surface area contributed by atoms with Crippen LogP contribution in [0.25, 0.3) is 0 Å². The highest BCUT2D eigenvalue weighted by Gasteiger charge is 2.30. The molecule has 4 nitrogen and oxygen atoms in total. The van der Waals surface area contributed by atoms with Crippen LogP contribution in [0.1, 0.15) is 30.6 Å². The average Bonchev–Trinajstić information content (AvgIpc) is 2.57. The molecule has 0 bridgehead atoms. The zero-order valence-electron chi connectivity index (χ0n) is 9.85. The first-order chi connectivity index (χ1) is 7.99. The van der Waals surface area contributed by atoms with Gasteiger partial charge in [-0.15, -0.1) is 0 Å². The first-order valence-corrected chi connectivity index (χ1v) is 6.03. The summed E-state index contributed by atoms with van der Waals surface area (Å²) in [7, 11) is 0. The van der Waals surface area contributed by atoms with Gasteiger partial charge in [0.1, 0.15) is 16.5 Å². The number of aromatic nitrogens is 1. The Balaban J connectivity index is 2.43. The number of rotatable bonds is 2. The molecule has 1 aliphatic heterocycles. The minimum absolute atomic E-state index is 0.218. The van der Waals surface area contributed by atoms with Crippen LogP contribution in [-0.4, -0.2) is 28.6 Å². The van der Waals surface area contributed by atoms with Crippen molar-refractivity contribution in [3.05, 3.63) is 22.8 Å². The predicted molar refractivity (Wildman–Crippen MR) is 66.8 cm³/mol. The van der Waals surface area contributed by atoms with Gasteiger partial charge in [-0.3, -0.25) is 0 Å². The van der Waals surface area contributed by atoms with Crippen LogP contribution in [-0.2, 0) is 0 Å². The first kappa shape index (κ1) is 12.2. The number of carboxylic acids is 1. The van der Waals surface area contributed by atoms with Crippen molar-refractivity contribution < 1.29 is 9.90 Å². The van der Waals surface area contributed by atoms with Crippen LogP contribution in [0.4, 0.5) is 5.82 Å². The first-order valence-electron chi connectivity index (χ1n) is 5.65. The van der Waals surface area contributed by atoms with Gasteiger partial charge in [0.05, 0.1) is 0 Å². The fraction of sp³-hybridized carbons (Fsp3) is 0.500. The molecule has 1 aliphatic rings. The summed E-state index contributed by atoms with van der Waals surface area (Å²) < 4.78 is 0. The fourth-order valence-electron chi connectivity index (χ4n) is 2.41. The number of aromatic carboxylic acids is 1. The van der Waals surface area contributed by atoms with Crippen molar-refractivity contribution in [2.75, 3.05) is 11.4 Å². The minimum atomic E-state index is -0.962. The molecule has 2 heterocycles. The molecule has 1 fully saturated rings. The van der Waals surface area contributed by atoms with Gasteiger partial charge in [-0.1, -0.05) is 18.5 Å². The summed E-state index contributed by atoms with van der Waals surface area (Å²) in [4.78, 5) is 17.4. The summed E-state index contributed by atoms with van der Waals surface area (Å²) in [5, 5.41) is 9.49. The maximum absolute atomic E-state index is 11.2. The van der Waals surface area contributed by atoms with Crippen molar-refractivity contribution in [1.82, 2.24) is 4.98 Å². The summed E-state index contributed by atoms with van der Waals surface area (Å²) in [6.07, 6.45) is 1.05. The predicted octanol–water partition coefficient (Wildman–Crippen LogP) is 2.67. The van der Waals surface area contributed by atoms with E-state index in [2.05, 4.69) is 18.8 Å². The van der Waals surface area contributed by atoms with Gasteiger partial charge in [0, 0.05) is 12.6 Å². The van der Waals surface area contributed by atoms with E-state index in [9.17, 15) is 4.79 Å². The molecule has 1 saturated heterocycles. The second-order valence-electron chi connectivity index (χ2n) is 4.65. The normalized spacial score (nSPS) is 24.1. The maximum Gasteiger partial charge on any atom is 0.339 e. The Morgan fingerprint density at radius 1 is 1.53 bits per heavy atom. The van der Waals surface area contributed by atoms with Gasteiger partial charge in [0.25, 0.3) is 0 Å². The van der Waals surface area contributed by atoms with Crippen molar-refractivity contribution in [1.29, 1.82) is 0 Å². The van der Waals surface area contributed by atoms with Crippen LogP contribution in [0.5, 0.6) is 0 Å². The van der Waals surface area contributed by atoms with Crippen LogP contribution < -0.4 is 4.90 Å². The number of halogens is 1. The molecule has 17 heavy (non-hydrogen) atoms. The molecule has 0 aliphatic carbocycles. The smallest absolute Gasteiger partial charge is 0.339 e. The van der Waals surface area contributed by atoms with E-state index in [0.29, 0.717) is 22.9 Å². The fourth-order valence-corrected chi connectivity index (χ4v) is 2.55. The van der Waals surface area contributed by atoms with Crippen LogP contribution in [0.2, 0.25) is 5.15 Å². The zero-order chi connectivity index (χ0) is 12.6. The summed E-state index contributed by atoms with van der Waals surface area (Å²) in [5.41, 5.74) is 0.218. The van der Waals surface area contributed by atoms with Gasteiger partial charge in [-0.25, -0.2) is 9.78 Å². The molecule has 1 aromatic heterocycles. The Bertz CT molecular complexity index is 450. The number of hydrogen-bond donors (Lipinski definition) is 1. The third-order valence-electron chi connectivity index (χ3n) is 3.13. The standard InChI is InChI=1S/C12H15ClN2O2/c1-7-5-8(2)15(6-7)11-9(12(16)17)3-4-10(13)14-11/h3-4,7-8H,5-6H2,1-2H3,(H,16,17). The molecule has 2 unspecified atom stereocenters. The van der Waals surface area contributed by atoms with Crippen molar-refractivity contribution >= 4 is 23.4 Å². The van der Waals surface area contributed by atoms with Crippen LogP contribution in [0.15, 0.2) is 12.1 Å². The lowest BCUT2D eigenvalue weighted by Gasteiger charge is -2.24. The number of anilines is 1. The van der Waals surface area contributed by atoms with Gasteiger partial charge >= 0.3 is 5.97 Å². The Hall–Kier alpha value is -1.29. The van der Waals surface area contributed by atoms with Gasteiger partial charge in [0.2, 0.25) is 0 Å². The topological polar surface area (TPSA) is 53.4 Å². The lowest BCUT2D eigenvalue weighted by Crippen LogP contribution is -2.29. The van der Waals surface area contributed by atoms with Crippen LogP contribution in [0, 0.1) is 5.92 Å². The average molecular weight is 255 g/mol. The van der Waals surface area contributed by atoms with Gasteiger partial charge in [-0.2, -0.15) is 0 Å². The monoisotopic (exact) mass is 254 g/mol. The molecule has 0 aromatic carbocycles. The number of nitrogens with zero attached hydrogens (tertiary/aromatic N) is 2. The third-order valence-corrected chi connectivity index (χ3v) is 3.34. The molecule has 2 rings (SSSR count). The minimum Gasteiger partial charge on any atom is -0.478 e. The molecule has 0 saturated carbocycles. The summed E-state index contributed by atoms with van der Waals surface area (Å²) in [6.45, 7) is 5.06. The SMILES string of the molecule is CC1CC(C)N(c2nc(Cl)ccc2C(=O)O)C1. The molecule has 2 atom stereocenters. The van der Waals surface area contributed by atoms with Crippen molar-refractivity contribution in [3.63, 3.8) is 0 Å². The molecular formula is C12H15ClN2O2. The third kappa shape index (κ3) is 2.36. The molecule has 0 spiro atoms. The highest BCUT2D eigenvalue weighted by Crippen LogP contribution is 2.30. The second kappa shape index (κ2) is 4.53. The van der Waals surface area contributed by atoms with Crippen molar-refractivity contribution in [2.45, 2.75) is 26.3 Å². The molecule has 92 valence electrons. The van der Waals surface area contributed by atoms with Crippen LogP contribution in [0.3, 0.4) is 0 Å². The number of hydrogen-bond acceptors (Lipinski definition) is 3. The number of pyridine rings is 1. The summed E-state index contributed by atoms with van der Waals surface area (Å²) >= 11 is 5.85. The van der Waals surface area contributed by atoms with Crippen LogP contribution >= 0.6 is 11.6 Å². The van der Waals surface area contributed by atoms with E-state index in [-0.39, 0.29) is 5.56 Å². The highest BCUT2D eigenvalue weighted by molar-refractivity contribution is 6.29. The second-order valence-corrected chi connectivity index (χ2v) is 5.04. The Labute approximate surface area is 105 Å². The Kier molecular flexibility index (Phi) is 3.24. The summed E-state index contributed by atoms with van der Waals surface area (Å²) in [6, 6.07) is 3.33. The zero-order valence-corrected chi connectivity index (χ0v) is 10.6. The maximum atomic E-state index is 11.2. The van der Waals surface area contributed by atoms with Crippen molar-refractivity contribution in [3.8, 4) is 0 Å². The van der Waals surface area contributed by atoms with Gasteiger partial charge in [0.15, 0.2) is 0 Å². The largest absolute Gasteiger partial charge is 0.478 e. The lowest BCUT2D eigenvalue weighted by atomic mass is 10.1. The van der Waals surface area contributed by atoms with Gasteiger partial charge in [-0.05, 0) is 31.4 Å². The Morgan fingerprint density at radius 2 is 2.24 bits per heavy atom. The summed E-state index contributed by atoms with van der Waals surface area (Å²) in [5.74, 6) is 0.0743. The molecule has 0 radical (unpaired) electrons. The molecule has 1 aromatic rings. The molecular weight excluding hydrogens is 240 g/mol. The van der Waals surface area contributed by atoms with Crippen molar-refractivity contribution in [2.24, 2.45) is 5.92 Å². The van der Waals surface area contributed by atoms with Gasteiger partial charge < -0.3 is 10.0 Å². The molecule has 5 heteroatoms.